The van der Waals surface area contributed by atoms with E-state index in [2.05, 4.69) is 15.8 Å². The first-order valence-electron chi connectivity index (χ1n) is 5.72. The molecule has 6 nitrogen and oxygen atoms in total. The molecule has 2 heterocycles. The maximum absolute atomic E-state index is 11.5. The molecule has 0 aromatic carbocycles. The third-order valence-electron chi connectivity index (χ3n) is 2.54. The smallest absolute Gasteiger partial charge is 0.378 e. The van der Waals surface area contributed by atoms with Gasteiger partial charge in [0.1, 0.15) is 5.39 Å². The number of furan rings is 1. The number of rotatable bonds is 5. The number of esters is 1. The van der Waals surface area contributed by atoms with Crippen molar-refractivity contribution in [1.82, 2.24) is 5.16 Å². The molecule has 2 aromatic rings. The number of carbonyl (C=O) groups excluding carboxylic acids is 1. The molecule has 6 heteroatoms. The Morgan fingerprint density at radius 1 is 1.53 bits per heavy atom. The number of hydrogen-bond acceptors (Lipinski definition) is 6. The van der Waals surface area contributed by atoms with Crippen LogP contribution in [-0.2, 0) is 4.74 Å². The second kappa shape index (κ2) is 5.48. The van der Waals surface area contributed by atoms with Gasteiger partial charge in [-0.1, -0.05) is 5.16 Å². The maximum Gasteiger partial charge on any atom is 0.378 e. The minimum atomic E-state index is -0.639. The van der Waals surface area contributed by atoms with E-state index >= 15 is 0 Å². The molecule has 0 N–H and O–H groups in total. The molecule has 0 saturated carbocycles. The number of fused-ring (bicyclic) bond motifs is 1. The van der Waals surface area contributed by atoms with Gasteiger partial charge in [0.15, 0.2) is 0 Å². The highest BCUT2D eigenvalue weighted by Crippen LogP contribution is 2.35. The van der Waals surface area contributed by atoms with Crippen LogP contribution in [0.25, 0.3) is 11.0 Å². The highest BCUT2D eigenvalue weighted by molar-refractivity contribution is 6.02. The van der Waals surface area contributed by atoms with Crippen LogP contribution in [0.3, 0.4) is 0 Å². The fraction of sp³-hybridized carbons (Fsp3) is 0.385. The van der Waals surface area contributed by atoms with Crippen LogP contribution < -0.4 is 4.74 Å². The van der Waals surface area contributed by atoms with Crippen molar-refractivity contribution in [2.75, 3.05) is 13.7 Å². The van der Waals surface area contributed by atoms with E-state index in [-0.39, 0.29) is 17.3 Å². The van der Waals surface area contributed by atoms with Crippen LogP contribution in [0.5, 0.6) is 5.95 Å². The van der Waals surface area contributed by atoms with Crippen molar-refractivity contribution in [3.8, 4) is 18.3 Å². The van der Waals surface area contributed by atoms with Gasteiger partial charge in [0.05, 0.1) is 19.4 Å². The lowest BCUT2D eigenvalue weighted by Crippen LogP contribution is -1.99. The van der Waals surface area contributed by atoms with Gasteiger partial charge in [-0.25, -0.2) is 4.79 Å². The molecule has 0 fully saturated rings. The lowest BCUT2D eigenvalue weighted by Gasteiger charge is -2.00. The Labute approximate surface area is 109 Å². The van der Waals surface area contributed by atoms with E-state index in [0.717, 1.165) is 0 Å². The Morgan fingerprint density at radius 2 is 2.32 bits per heavy atom. The van der Waals surface area contributed by atoms with Crippen molar-refractivity contribution in [2.45, 2.75) is 19.8 Å². The van der Waals surface area contributed by atoms with E-state index in [1.54, 1.807) is 6.92 Å². The van der Waals surface area contributed by atoms with E-state index in [0.29, 0.717) is 30.5 Å². The first-order chi connectivity index (χ1) is 9.19. The van der Waals surface area contributed by atoms with Gasteiger partial charge in [-0.15, -0.1) is 12.3 Å². The Hall–Kier alpha value is -2.42. The fourth-order valence-corrected chi connectivity index (χ4v) is 1.62. The Morgan fingerprint density at radius 3 is 3.00 bits per heavy atom. The van der Waals surface area contributed by atoms with Gasteiger partial charge >= 0.3 is 5.97 Å². The number of aromatic nitrogens is 1. The van der Waals surface area contributed by atoms with Crippen LogP contribution >= 0.6 is 0 Å². The third-order valence-corrected chi connectivity index (χ3v) is 2.54. The molecule has 0 amide bonds. The van der Waals surface area contributed by atoms with Crippen molar-refractivity contribution >= 4 is 16.9 Å². The number of unbranched alkanes of at least 4 members (excludes halogenated alkanes) is 1. The van der Waals surface area contributed by atoms with Crippen molar-refractivity contribution in [2.24, 2.45) is 0 Å². The average Bonchev–Trinajstić information content (AvgIpc) is 2.96. The summed E-state index contributed by atoms with van der Waals surface area (Å²) >= 11 is 0. The number of hydrogen-bond donors (Lipinski definition) is 0. The zero-order chi connectivity index (χ0) is 13.8. The van der Waals surface area contributed by atoms with Crippen molar-refractivity contribution in [1.29, 1.82) is 0 Å². The highest BCUT2D eigenvalue weighted by Gasteiger charge is 2.26. The summed E-state index contributed by atoms with van der Waals surface area (Å²) in [6.07, 6.45) is 6.45. The number of terminal acetylenes is 1. The van der Waals surface area contributed by atoms with E-state index in [4.69, 9.17) is 20.1 Å². The molecular formula is C13H13NO5. The van der Waals surface area contributed by atoms with E-state index in [9.17, 15) is 4.79 Å². The topological polar surface area (TPSA) is 74.7 Å². The summed E-state index contributed by atoms with van der Waals surface area (Å²) in [6, 6.07) is 0. The quantitative estimate of drug-likeness (QED) is 0.468. The van der Waals surface area contributed by atoms with Gasteiger partial charge < -0.3 is 18.4 Å². The summed E-state index contributed by atoms with van der Waals surface area (Å²) in [4.78, 5) is 11.5. The SMILES string of the molecule is C#CCCCOc1oc(C(=O)OC)c2onc(C)c12. The zero-order valence-electron chi connectivity index (χ0n) is 10.7. The molecule has 2 aromatic heterocycles. The normalized spacial score (nSPS) is 10.4. The monoisotopic (exact) mass is 263 g/mol. The predicted molar refractivity (Wildman–Crippen MR) is 65.9 cm³/mol. The zero-order valence-corrected chi connectivity index (χ0v) is 10.7. The highest BCUT2D eigenvalue weighted by atomic mass is 16.6. The summed E-state index contributed by atoms with van der Waals surface area (Å²) in [5, 5.41) is 4.33. The minimum Gasteiger partial charge on any atom is -0.465 e. The van der Waals surface area contributed by atoms with Crippen molar-refractivity contribution < 1.29 is 23.2 Å². The van der Waals surface area contributed by atoms with Crippen LogP contribution in [0.1, 0.15) is 29.1 Å². The first kappa shape index (κ1) is 13.0. The van der Waals surface area contributed by atoms with E-state index in [1.165, 1.54) is 7.11 Å². The van der Waals surface area contributed by atoms with Gasteiger partial charge in [0, 0.05) is 6.42 Å². The van der Waals surface area contributed by atoms with Crippen molar-refractivity contribution in [3.05, 3.63) is 11.5 Å². The average molecular weight is 263 g/mol. The molecule has 0 spiro atoms. The Balaban J connectivity index is 2.30. The molecule has 0 atom stereocenters. The van der Waals surface area contributed by atoms with Gasteiger partial charge in [0.2, 0.25) is 5.58 Å². The predicted octanol–water partition coefficient (Wildman–Crippen LogP) is 2.31. The summed E-state index contributed by atoms with van der Waals surface area (Å²) in [5.41, 5.74) is 0.817. The van der Waals surface area contributed by atoms with Gasteiger partial charge in [-0.3, -0.25) is 0 Å². The minimum absolute atomic E-state index is 0.0509. The van der Waals surface area contributed by atoms with Gasteiger partial charge in [-0.2, -0.15) is 0 Å². The summed E-state index contributed by atoms with van der Waals surface area (Å²) in [5.74, 6) is 2.02. The largest absolute Gasteiger partial charge is 0.465 e. The van der Waals surface area contributed by atoms with Crippen LogP contribution in [-0.4, -0.2) is 24.8 Å². The standard InChI is InChI=1S/C13H13NO5/c1-4-5-6-7-17-13-9-8(2)14-19-10(9)11(18-13)12(15)16-3/h1H,5-7H2,2-3H3. The lowest BCUT2D eigenvalue weighted by atomic mass is 10.3. The number of carbonyl (C=O) groups is 1. The molecule has 2 rings (SSSR count). The van der Waals surface area contributed by atoms with Crippen LogP contribution in [0.15, 0.2) is 8.94 Å². The van der Waals surface area contributed by atoms with E-state index in [1.807, 2.05) is 0 Å². The van der Waals surface area contributed by atoms with Crippen molar-refractivity contribution in [3.63, 3.8) is 0 Å². The third kappa shape index (κ3) is 2.40. The molecule has 0 radical (unpaired) electrons. The lowest BCUT2D eigenvalue weighted by molar-refractivity contribution is 0.0557. The van der Waals surface area contributed by atoms with Crippen LogP contribution in [0.4, 0.5) is 0 Å². The Bertz CT molecular complexity index is 631. The molecule has 0 unspecified atom stereocenters. The van der Waals surface area contributed by atoms with Gasteiger partial charge in [-0.05, 0) is 13.3 Å². The van der Waals surface area contributed by atoms with E-state index < -0.39 is 5.97 Å². The molecular weight excluding hydrogens is 250 g/mol. The fourth-order valence-electron chi connectivity index (χ4n) is 1.62. The number of aryl methyl sites for hydroxylation is 1. The molecule has 19 heavy (non-hydrogen) atoms. The molecule has 0 saturated heterocycles. The number of ether oxygens (including phenoxy) is 2. The first-order valence-corrected chi connectivity index (χ1v) is 5.72. The summed E-state index contributed by atoms with van der Waals surface area (Å²) in [7, 11) is 1.26. The Kier molecular flexibility index (Phi) is 3.76. The van der Waals surface area contributed by atoms with Crippen LogP contribution in [0.2, 0.25) is 0 Å². The molecule has 0 aliphatic rings. The number of nitrogens with zero attached hydrogens (tertiary/aromatic N) is 1. The number of methoxy groups -OCH3 is 1. The second-order valence-corrected chi connectivity index (χ2v) is 3.84. The molecule has 0 bridgehead atoms. The van der Waals surface area contributed by atoms with Crippen LogP contribution in [0, 0.1) is 19.3 Å². The van der Waals surface area contributed by atoms with Gasteiger partial charge in [0.25, 0.3) is 11.7 Å². The summed E-state index contributed by atoms with van der Waals surface area (Å²) < 4.78 is 20.5. The molecule has 100 valence electrons. The second-order valence-electron chi connectivity index (χ2n) is 3.84. The maximum atomic E-state index is 11.5. The molecule has 0 aliphatic carbocycles. The summed E-state index contributed by atoms with van der Waals surface area (Å²) in [6.45, 7) is 2.12. The molecule has 0 aliphatic heterocycles.